The summed E-state index contributed by atoms with van der Waals surface area (Å²) in [6.45, 7) is 9.81. The first-order chi connectivity index (χ1) is 8.10. The van der Waals surface area contributed by atoms with Gasteiger partial charge in [0.1, 0.15) is 0 Å². The number of anilines is 1. The molecular formula is C13H24N4. The van der Waals surface area contributed by atoms with Gasteiger partial charge in [0.15, 0.2) is 0 Å². The molecule has 96 valence electrons. The summed E-state index contributed by atoms with van der Waals surface area (Å²) in [7, 11) is 2.04. The summed E-state index contributed by atoms with van der Waals surface area (Å²) >= 11 is 0. The number of hydrogen-bond donors (Lipinski definition) is 1. The molecule has 1 N–H and O–H groups in total. The van der Waals surface area contributed by atoms with Gasteiger partial charge in [-0.2, -0.15) is 0 Å². The van der Waals surface area contributed by atoms with E-state index < -0.39 is 0 Å². The zero-order chi connectivity index (χ0) is 12.4. The quantitative estimate of drug-likeness (QED) is 0.863. The minimum absolute atomic E-state index is 0.611. The lowest BCUT2D eigenvalue weighted by atomic mass is 10.2. The van der Waals surface area contributed by atoms with E-state index in [4.69, 9.17) is 0 Å². The van der Waals surface area contributed by atoms with Crippen LogP contribution in [0.25, 0.3) is 0 Å². The summed E-state index contributed by atoms with van der Waals surface area (Å²) in [5.41, 5.74) is 1.12. The minimum atomic E-state index is 0.611. The van der Waals surface area contributed by atoms with E-state index in [0.29, 0.717) is 12.0 Å². The highest BCUT2D eigenvalue weighted by atomic mass is 15.3. The van der Waals surface area contributed by atoms with E-state index in [1.165, 1.54) is 6.42 Å². The first-order valence-electron chi connectivity index (χ1n) is 6.56. The summed E-state index contributed by atoms with van der Waals surface area (Å²) in [6, 6.07) is 0.611. The van der Waals surface area contributed by atoms with Crippen molar-refractivity contribution in [1.82, 2.24) is 14.9 Å². The monoisotopic (exact) mass is 236 g/mol. The number of likely N-dealkylation sites (N-methyl/N-ethyl adjacent to an activating group) is 1. The number of nitrogens with zero attached hydrogens (tertiary/aromatic N) is 3. The topological polar surface area (TPSA) is 33.1 Å². The SMILES string of the molecule is CNC1CCN(c2nc(C)cn2CC(C)C)C1. The van der Waals surface area contributed by atoms with E-state index in [9.17, 15) is 0 Å². The van der Waals surface area contributed by atoms with Crippen LogP contribution in [0.4, 0.5) is 5.95 Å². The Morgan fingerprint density at radius 2 is 2.29 bits per heavy atom. The predicted octanol–water partition coefficient (Wildman–Crippen LogP) is 1.65. The zero-order valence-electron chi connectivity index (χ0n) is 11.4. The van der Waals surface area contributed by atoms with Crippen LogP contribution >= 0.6 is 0 Å². The van der Waals surface area contributed by atoms with Crippen LogP contribution in [-0.2, 0) is 6.54 Å². The largest absolute Gasteiger partial charge is 0.341 e. The molecule has 0 spiro atoms. The van der Waals surface area contributed by atoms with Crippen molar-refractivity contribution in [1.29, 1.82) is 0 Å². The smallest absolute Gasteiger partial charge is 0.205 e. The Balaban J connectivity index is 2.14. The summed E-state index contributed by atoms with van der Waals surface area (Å²) in [5, 5.41) is 3.35. The van der Waals surface area contributed by atoms with Gasteiger partial charge in [-0.1, -0.05) is 13.8 Å². The van der Waals surface area contributed by atoms with Gasteiger partial charge in [-0.05, 0) is 26.3 Å². The summed E-state index contributed by atoms with van der Waals surface area (Å²) in [4.78, 5) is 7.07. The van der Waals surface area contributed by atoms with Gasteiger partial charge in [0.05, 0.1) is 5.69 Å². The van der Waals surface area contributed by atoms with Gasteiger partial charge in [-0.25, -0.2) is 4.98 Å². The number of hydrogen-bond acceptors (Lipinski definition) is 3. The highest BCUT2D eigenvalue weighted by Gasteiger charge is 2.24. The van der Waals surface area contributed by atoms with Gasteiger partial charge < -0.3 is 14.8 Å². The average Bonchev–Trinajstić information content (AvgIpc) is 2.83. The van der Waals surface area contributed by atoms with Crippen LogP contribution in [0.15, 0.2) is 6.20 Å². The molecule has 2 heterocycles. The molecule has 0 aliphatic carbocycles. The fraction of sp³-hybridized carbons (Fsp3) is 0.769. The van der Waals surface area contributed by atoms with Crippen LogP contribution in [0.1, 0.15) is 26.0 Å². The lowest BCUT2D eigenvalue weighted by molar-refractivity contribution is 0.520. The van der Waals surface area contributed by atoms with E-state index in [1.54, 1.807) is 0 Å². The fourth-order valence-electron chi connectivity index (χ4n) is 2.49. The van der Waals surface area contributed by atoms with Crippen molar-refractivity contribution in [2.24, 2.45) is 5.92 Å². The van der Waals surface area contributed by atoms with Gasteiger partial charge in [0, 0.05) is 31.9 Å². The van der Waals surface area contributed by atoms with Gasteiger partial charge >= 0.3 is 0 Å². The average molecular weight is 236 g/mol. The minimum Gasteiger partial charge on any atom is -0.341 e. The Kier molecular flexibility index (Phi) is 3.72. The molecular weight excluding hydrogens is 212 g/mol. The van der Waals surface area contributed by atoms with Crippen molar-refractivity contribution >= 4 is 5.95 Å². The Morgan fingerprint density at radius 1 is 1.53 bits per heavy atom. The first-order valence-corrected chi connectivity index (χ1v) is 6.56. The third-order valence-electron chi connectivity index (χ3n) is 3.32. The molecule has 17 heavy (non-hydrogen) atoms. The van der Waals surface area contributed by atoms with Crippen LogP contribution in [0.3, 0.4) is 0 Å². The Morgan fingerprint density at radius 3 is 2.88 bits per heavy atom. The van der Waals surface area contributed by atoms with Crippen molar-refractivity contribution in [3.63, 3.8) is 0 Å². The second kappa shape index (κ2) is 5.08. The molecule has 1 atom stereocenters. The molecule has 0 amide bonds. The van der Waals surface area contributed by atoms with Gasteiger partial charge in [-0.15, -0.1) is 0 Å². The van der Waals surface area contributed by atoms with Gasteiger partial charge in [0.25, 0.3) is 0 Å². The number of aromatic nitrogens is 2. The summed E-state index contributed by atoms with van der Waals surface area (Å²) in [5.74, 6) is 1.80. The standard InChI is InChI=1S/C13H24N4/c1-10(2)7-17-8-11(3)15-13(17)16-6-5-12(9-16)14-4/h8,10,12,14H,5-7,9H2,1-4H3. The van der Waals surface area contributed by atoms with E-state index >= 15 is 0 Å². The molecule has 1 aromatic heterocycles. The summed E-state index contributed by atoms with van der Waals surface area (Å²) < 4.78 is 2.30. The molecule has 0 bridgehead atoms. The normalized spacial score (nSPS) is 20.5. The lowest BCUT2D eigenvalue weighted by Gasteiger charge is -2.20. The van der Waals surface area contributed by atoms with E-state index in [2.05, 4.69) is 46.7 Å². The zero-order valence-corrected chi connectivity index (χ0v) is 11.4. The predicted molar refractivity (Wildman–Crippen MR) is 71.5 cm³/mol. The fourth-order valence-corrected chi connectivity index (χ4v) is 2.49. The Hall–Kier alpha value is -1.03. The molecule has 1 aliphatic rings. The van der Waals surface area contributed by atoms with Crippen molar-refractivity contribution in [3.05, 3.63) is 11.9 Å². The Bertz CT molecular complexity index is 369. The van der Waals surface area contributed by atoms with Crippen LogP contribution in [0.2, 0.25) is 0 Å². The number of aryl methyl sites for hydroxylation is 1. The van der Waals surface area contributed by atoms with E-state index in [-0.39, 0.29) is 0 Å². The number of imidazole rings is 1. The van der Waals surface area contributed by atoms with Crippen LogP contribution < -0.4 is 10.2 Å². The third-order valence-corrected chi connectivity index (χ3v) is 3.32. The van der Waals surface area contributed by atoms with Crippen molar-refractivity contribution in [2.75, 3.05) is 25.0 Å². The molecule has 0 radical (unpaired) electrons. The van der Waals surface area contributed by atoms with Crippen molar-refractivity contribution in [2.45, 2.75) is 39.8 Å². The lowest BCUT2D eigenvalue weighted by Crippen LogP contribution is -2.31. The highest BCUT2D eigenvalue weighted by molar-refractivity contribution is 5.35. The van der Waals surface area contributed by atoms with Gasteiger partial charge in [-0.3, -0.25) is 0 Å². The molecule has 1 unspecified atom stereocenters. The van der Waals surface area contributed by atoms with Crippen molar-refractivity contribution < 1.29 is 0 Å². The first kappa shape index (κ1) is 12.4. The Labute approximate surface area is 104 Å². The summed E-state index contributed by atoms with van der Waals surface area (Å²) in [6.07, 6.45) is 3.38. The maximum absolute atomic E-state index is 4.68. The van der Waals surface area contributed by atoms with Crippen LogP contribution in [0, 0.1) is 12.8 Å². The number of nitrogens with one attached hydrogen (secondary N) is 1. The molecule has 4 heteroatoms. The molecule has 1 saturated heterocycles. The molecule has 1 fully saturated rings. The molecule has 1 aromatic rings. The van der Waals surface area contributed by atoms with Crippen LogP contribution in [-0.4, -0.2) is 35.7 Å². The molecule has 0 aromatic carbocycles. The molecule has 0 saturated carbocycles. The van der Waals surface area contributed by atoms with Crippen LogP contribution in [0.5, 0.6) is 0 Å². The maximum Gasteiger partial charge on any atom is 0.205 e. The van der Waals surface area contributed by atoms with E-state index in [0.717, 1.165) is 31.3 Å². The van der Waals surface area contributed by atoms with Crippen molar-refractivity contribution in [3.8, 4) is 0 Å². The highest BCUT2D eigenvalue weighted by Crippen LogP contribution is 2.21. The molecule has 4 nitrogen and oxygen atoms in total. The molecule has 2 rings (SSSR count). The molecule has 1 aliphatic heterocycles. The maximum atomic E-state index is 4.68. The second-order valence-corrected chi connectivity index (χ2v) is 5.45. The third kappa shape index (κ3) is 2.80. The van der Waals surface area contributed by atoms with E-state index in [1.807, 2.05) is 7.05 Å². The second-order valence-electron chi connectivity index (χ2n) is 5.45. The van der Waals surface area contributed by atoms with Gasteiger partial charge in [0.2, 0.25) is 5.95 Å². The number of rotatable bonds is 4.